The molecule has 0 saturated heterocycles. The number of alkyl halides is 1. The molecule has 1 aliphatic rings. The molecule has 5 heteroatoms. The molecule has 2 rings (SSSR count). The van der Waals surface area contributed by atoms with E-state index in [1.807, 2.05) is 0 Å². The van der Waals surface area contributed by atoms with Crippen molar-refractivity contribution < 1.29 is 4.74 Å². The summed E-state index contributed by atoms with van der Waals surface area (Å²) in [6.07, 6.45) is 8.24. The van der Waals surface area contributed by atoms with E-state index in [-0.39, 0.29) is 0 Å². The van der Waals surface area contributed by atoms with Gasteiger partial charge in [-0.3, -0.25) is 0 Å². The molecule has 1 fully saturated rings. The van der Waals surface area contributed by atoms with Crippen LogP contribution in [0.2, 0.25) is 0 Å². The summed E-state index contributed by atoms with van der Waals surface area (Å²) in [6.45, 7) is 0.942. The van der Waals surface area contributed by atoms with Crippen LogP contribution < -0.4 is 9.64 Å². The Bertz CT molecular complexity index is 369. The molecule has 1 saturated carbocycles. The van der Waals surface area contributed by atoms with Gasteiger partial charge < -0.3 is 9.64 Å². The van der Waals surface area contributed by atoms with Crippen molar-refractivity contribution in [3.63, 3.8) is 0 Å². The molecule has 0 atom stereocenters. The van der Waals surface area contributed by atoms with E-state index in [4.69, 9.17) is 4.74 Å². The van der Waals surface area contributed by atoms with Gasteiger partial charge in [-0.2, -0.15) is 4.98 Å². The van der Waals surface area contributed by atoms with Gasteiger partial charge in [0.1, 0.15) is 0 Å². The zero-order valence-electron chi connectivity index (χ0n) is 10.8. The van der Waals surface area contributed by atoms with Crippen molar-refractivity contribution in [3.8, 4) is 5.88 Å². The molecule has 0 amide bonds. The Labute approximate surface area is 117 Å². The Balaban J connectivity index is 2.16. The normalized spacial score (nSPS) is 16.6. The third-order valence-electron chi connectivity index (χ3n) is 3.42. The number of methoxy groups -OCH3 is 1. The largest absolute Gasteiger partial charge is 0.481 e. The Kier molecular flexibility index (Phi) is 5.23. The lowest BCUT2D eigenvalue weighted by Crippen LogP contribution is -2.39. The molecule has 0 spiro atoms. The minimum absolute atomic E-state index is 0.573. The van der Waals surface area contributed by atoms with Crippen molar-refractivity contribution in [3.05, 3.63) is 12.3 Å². The van der Waals surface area contributed by atoms with Crippen LogP contribution in [0.4, 0.5) is 5.95 Å². The number of halogens is 1. The van der Waals surface area contributed by atoms with Crippen molar-refractivity contribution in [1.82, 2.24) is 9.97 Å². The highest BCUT2D eigenvalue weighted by Crippen LogP contribution is 2.26. The van der Waals surface area contributed by atoms with Crippen LogP contribution in [0.25, 0.3) is 0 Å². The van der Waals surface area contributed by atoms with Crippen molar-refractivity contribution >= 4 is 21.9 Å². The molecule has 0 radical (unpaired) electrons. The second-order valence-corrected chi connectivity index (χ2v) is 5.37. The van der Waals surface area contributed by atoms with Crippen LogP contribution in [0.3, 0.4) is 0 Å². The number of aromatic nitrogens is 2. The summed E-state index contributed by atoms with van der Waals surface area (Å²) in [4.78, 5) is 11.2. The summed E-state index contributed by atoms with van der Waals surface area (Å²) < 4.78 is 5.18. The monoisotopic (exact) mass is 313 g/mol. The molecule has 1 heterocycles. The Morgan fingerprint density at radius 3 is 2.83 bits per heavy atom. The van der Waals surface area contributed by atoms with Crippen LogP contribution in [0.1, 0.15) is 32.1 Å². The highest BCUT2D eigenvalue weighted by molar-refractivity contribution is 9.09. The van der Waals surface area contributed by atoms with Gasteiger partial charge in [0.2, 0.25) is 11.8 Å². The number of hydrogen-bond donors (Lipinski definition) is 0. The maximum atomic E-state index is 5.18. The van der Waals surface area contributed by atoms with E-state index in [2.05, 4.69) is 30.8 Å². The summed E-state index contributed by atoms with van der Waals surface area (Å²) in [7, 11) is 1.64. The molecule has 1 aromatic rings. The molecule has 1 aromatic heterocycles. The van der Waals surface area contributed by atoms with Gasteiger partial charge in [0.05, 0.1) is 7.11 Å². The summed E-state index contributed by atoms with van der Waals surface area (Å²) >= 11 is 3.52. The molecule has 0 aromatic carbocycles. The summed E-state index contributed by atoms with van der Waals surface area (Å²) in [5.74, 6) is 1.43. The quantitative estimate of drug-likeness (QED) is 0.783. The third-order valence-corrected chi connectivity index (χ3v) is 3.78. The lowest BCUT2D eigenvalue weighted by molar-refractivity contribution is 0.390. The van der Waals surface area contributed by atoms with Crippen LogP contribution in [0, 0.1) is 0 Å². The molecular weight excluding hydrogens is 294 g/mol. The Morgan fingerprint density at radius 1 is 1.39 bits per heavy atom. The average molecular weight is 314 g/mol. The predicted molar refractivity (Wildman–Crippen MR) is 76.6 cm³/mol. The van der Waals surface area contributed by atoms with Crippen LogP contribution in [0.5, 0.6) is 5.88 Å². The lowest BCUT2D eigenvalue weighted by atomic mass is 9.94. The molecule has 0 bridgehead atoms. The summed E-state index contributed by atoms with van der Waals surface area (Å²) in [5.41, 5.74) is 0. The van der Waals surface area contributed by atoms with Crippen molar-refractivity contribution in [1.29, 1.82) is 0 Å². The van der Waals surface area contributed by atoms with E-state index in [1.54, 1.807) is 19.4 Å². The first-order valence-electron chi connectivity index (χ1n) is 6.55. The van der Waals surface area contributed by atoms with Gasteiger partial charge in [-0.15, -0.1) is 0 Å². The zero-order chi connectivity index (χ0) is 12.8. The fourth-order valence-electron chi connectivity index (χ4n) is 2.51. The molecule has 100 valence electrons. The maximum absolute atomic E-state index is 5.18. The molecule has 4 nitrogen and oxygen atoms in total. The first kappa shape index (κ1) is 13.6. The predicted octanol–water partition coefficient (Wildman–Crippen LogP) is 3.02. The smallest absolute Gasteiger partial charge is 0.228 e. The highest BCUT2D eigenvalue weighted by atomic mass is 79.9. The molecular formula is C13H20BrN3O. The summed E-state index contributed by atoms with van der Waals surface area (Å²) in [5, 5.41) is 0.935. The molecule has 0 N–H and O–H groups in total. The minimum atomic E-state index is 0.573. The lowest BCUT2D eigenvalue weighted by Gasteiger charge is -2.34. The van der Waals surface area contributed by atoms with Crippen molar-refractivity contribution in [2.45, 2.75) is 38.1 Å². The molecule has 18 heavy (non-hydrogen) atoms. The Hall–Kier alpha value is -0.840. The van der Waals surface area contributed by atoms with E-state index >= 15 is 0 Å². The standard InChI is InChI=1S/C13H20BrN3O/c1-18-12-7-9-15-13(16-12)17(10-8-14)11-5-3-2-4-6-11/h7,9,11H,2-6,8,10H2,1H3. The van der Waals surface area contributed by atoms with Gasteiger partial charge in [-0.25, -0.2) is 4.98 Å². The maximum Gasteiger partial charge on any atom is 0.228 e. The number of hydrogen-bond acceptors (Lipinski definition) is 4. The van der Waals surface area contributed by atoms with E-state index < -0.39 is 0 Å². The minimum Gasteiger partial charge on any atom is -0.481 e. The van der Waals surface area contributed by atoms with Crippen molar-refractivity contribution in [2.24, 2.45) is 0 Å². The first-order valence-corrected chi connectivity index (χ1v) is 7.67. The van der Waals surface area contributed by atoms with Gasteiger partial charge in [-0.05, 0) is 12.8 Å². The summed E-state index contributed by atoms with van der Waals surface area (Å²) in [6, 6.07) is 2.36. The first-order chi connectivity index (χ1) is 8.85. The van der Waals surface area contributed by atoms with E-state index in [0.717, 1.165) is 17.8 Å². The average Bonchev–Trinajstić information content (AvgIpc) is 2.46. The number of ether oxygens (including phenoxy) is 1. The number of nitrogens with zero attached hydrogens (tertiary/aromatic N) is 3. The van der Waals surface area contributed by atoms with Gasteiger partial charge in [0.25, 0.3) is 0 Å². The number of anilines is 1. The second-order valence-electron chi connectivity index (χ2n) is 4.57. The Morgan fingerprint density at radius 2 is 2.17 bits per heavy atom. The highest BCUT2D eigenvalue weighted by Gasteiger charge is 2.23. The topological polar surface area (TPSA) is 38.2 Å². The second kappa shape index (κ2) is 6.92. The molecule has 1 aliphatic carbocycles. The zero-order valence-corrected chi connectivity index (χ0v) is 12.4. The van der Waals surface area contributed by atoms with Crippen LogP contribution in [0.15, 0.2) is 12.3 Å². The van der Waals surface area contributed by atoms with E-state index in [1.165, 1.54) is 32.1 Å². The van der Waals surface area contributed by atoms with E-state index in [9.17, 15) is 0 Å². The van der Waals surface area contributed by atoms with Crippen LogP contribution in [-0.2, 0) is 0 Å². The molecule has 0 aliphatic heterocycles. The number of rotatable bonds is 5. The molecule has 0 unspecified atom stereocenters. The fraction of sp³-hybridized carbons (Fsp3) is 0.692. The van der Waals surface area contributed by atoms with E-state index in [0.29, 0.717) is 11.9 Å². The van der Waals surface area contributed by atoms with Crippen LogP contribution in [-0.4, -0.2) is 35.0 Å². The SMILES string of the molecule is COc1ccnc(N(CCBr)C2CCCCC2)n1. The van der Waals surface area contributed by atoms with Gasteiger partial charge in [-0.1, -0.05) is 35.2 Å². The van der Waals surface area contributed by atoms with Crippen LogP contribution >= 0.6 is 15.9 Å². The van der Waals surface area contributed by atoms with Gasteiger partial charge >= 0.3 is 0 Å². The third kappa shape index (κ3) is 3.34. The van der Waals surface area contributed by atoms with Crippen molar-refractivity contribution in [2.75, 3.05) is 23.9 Å². The van der Waals surface area contributed by atoms with Gasteiger partial charge in [0.15, 0.2) is 0 Å². The van der Waals surface area contributed by atoms with Gasteiger partial charge in [0, 0.05) is 30.2 Å². The fourth-order valence-corrected chi connectivity index (χ4v) is 2.90.